The predicted octanol–water partition coefficient (Wildman–Crippen LogP) is 4.28. The Kier molecular flexibility index (Phi) is 4.18. The van der Waals surface area contributed by atoms with Crippen molar-refractivity contribution >= 4 is 21.7 Å². The number of ketones is 1. The van der Waals surface area contributed by atoms with E-state index < -0.39 is 23.0 Å². The second-order valence-corrected chi connectivity index (χ2v) is 5.17. The van der Waals surface area contributed by atoms with E-state index in [1.165, 1.54) is 13.2 Å². The highest BCUT2D eigenvalue weighted by molar-refractivity contribution is 9.10. The Hall–Kier alpha value is -1.75. The lowest BCUT2D eigenvalue weighted by atomic mass is 9.98. The minimum Gasteiger partial charge on any atom is -0.497 e. The van der Waals surface area contributed by atoms with Crippen LogP contribution in [0.3, 0.4) is 0 Å². The fourth-order valence-corrected chi connectivity index (χ4v) is 2.31. The first-order valence-corrected chi connectivity index (χ1v) is 6.57. The van der Waals surface area contributed by atoms with Gasteiger partial charge in [0.25, 0.3) is 0 Å². The average Bonchev–Trinajstić information content (AvgIpc) is 2.37. The van der Waals surface area contributed by atoms with Gasteiger partial charge in [-0.2, -0.15) is 0 Å². The molecule has 2 nitrogen and oxygen atoms in total. The van der Waals surface area contributed by atoms with Crippen LogP contribution >= 0.6 is 15.9 Å². The molecule has 20 heavy (non-hydrogen) atoms. The van der Waals surface area contributed by atoms with Gasteiger partial charge in [0.05, 0.1) is 12.7 Å². The summed E-state index contributed by atoms with van der Waals surface area (Å²) in [5, 5.41) is 0. The Labute approximate surface area is 123 Å². The smallest absolute Gasteiger partial charge is 0.199 e. The molecule has 0 N–H and O–H groups in total. The highest BCUT2D eigenvalue weighted by Gasteiger charge is 2.21. The molecule has 0 saturated carbocycles. The molecular formula is C15H11BrF2O2. The third-order valence-electron chi connectivity index (χ3n) is 2.91. The van der Waals surface area contributed by atoms with Crippen molar-refractivity contribution in [3.8, 4) is 5.75 Å². The summed E-state index contributed by atoms with van der Waals surface area (Å²) in [5.74, 6) is -1.89. The second-order valence-electron chi connectivity index (χ2n) is 4.25. The van der Waals surface area contributed by atoms with Crippen LogP contribution in [0.4, 0.5) is 8.78 Å². The summed E-state index contributed by atoms with van der Waals surface area (Å²) < 4.78 is 32.9. The zero-order valence-electron chi connectivity index (χ0n) is 10.8. The van der Waals surface area contributed by atoms with Crippen molar-refractivity contribution in [2.75, 3.05) is 7.11 Å². The number of rotatable bonds is 3. The molecule has 0 radical (unpaired) electrons. The van der Waals surface area contributed by atoms with E-state index in [9.17, 15) is 13.6 Å². The van der Waals surface area contributed by atoms with E-state index in [4.69, 9.17) is 4.74 Å². The predicted molar refractivity (Wildman–Crippen MR) is 75.2 cm³/mol. The molecule has 0 atom stereocenters. The SMILES string of the molecule is COc1ccc(C(=O)c2c(F)cc(Br)cc2F)c(C)c1. The number of aryl methyl sites for hydroxylation is 1. The molecular weight excluding hydrogens is 330 g/mol. The highest BCUT2D eigenvalue weighted by Crippen LogP contribution is 2.25. The van der Waals surface area contributed by atoms with E-state index in [0.717, 1.165) is 12.1 Å². The number of hydrogen-bond donors (Lipinski definition) is 0. The van der Waals surface area contributed by atoms with Crippen LogP contribution in [0.1, 0.15) is 21.5 Å². The van der Waals surface area contributed by atoms with Gasteiger partial charge < -0.3 is 4.74 Å². The fraction of sp³-hybridized carbons (Fsp3) is 0.133. The Morgan fingerprint density at radius 2 is 1.75 bits per heavy atom. The summed E-state index contributed by atoms with van der Waals surface area (Å²) in [5.41, 5.74) is 0.281. The molecule has 0 heterocycles. The van der Waals surface area contributed by atoms with Gasteiger partial charge in [0.2, 0.25) is 0 Å². The molecule has 104 valence electrons. The van der Waals surface area contributed by atoms with E-state index in [1.54, 1.807) is 19.1 Å². The molecule has 2 aromatic carbocycles. The third-order valence-corrected chi connectivity index (χ3v) is 3.37. The van der Waals surface area contributed by atoms with Crippen LogP contribution in [-0.2, 0) is 0 Å². The quantitative estimate of drug-likeness (QED) is 0.779. The van der Waals surface area contributed by atoms with E-state index in [0.29, 0.717) is 11.3 Å². The summed E-state index contributed by atoms with van der Waals surface area (Å²) in [4.78, 5) is 12.3. The lowest BCUT2D eigenvalue weighted by Gasteiger charge is -2.09. The number of hydrogen-bond acceptors (Lipinski definition) is 2. The number of ether oxygens (including phenoxy) is 1. The Morgan fingerprint density at radius 1 is 1.15 bits per heavy atom. The molecule has 0 bridgehead atoms. The zero-order valence-corrected chi connectivity index (χ0v) is 12.4. The van der Waals surface area contributed by atoms with Crippen molar-refractivity contribution in [2.24, 2.45) is 0 Å². The monoisotopic (exact) mass is 340 g/mol. The Bertz CT molecular complexity index is 661. The Morgan fingerprint density at radius 3 is 2.25 bits per heavy atom. The number of carbonyl (C=O) groups excluding carboxylic acids is 1. The third kappa shape index (κ3) is 2.72. The first-order valence-electron chi connectivity index (χ1n) is 5.78. The highest BCUT2D eigenvalue weighted by atomic mass is 79.9. The topological polar surface area (TPSA) is 26.3 Å². The summed E-state index contributed by atoms with van der Waals surface area (Å²) in [6.45, 7) is 1.68. The molecule has 0 spiro atoms. The standard InChI is InChI=1S/C15H11BrF2O2/c1-8-5-10(20-2)3-4-11(8)15(19)14-12(17)6-9(16)7-13(14)18/h3-7H,1-2H3. The number of halogens is 3. The molecule has 0 aliphatic rings. The first-order chi connectivity index (χ1) is 9.43. The first kappa shape index (κ1) is 14.7. The number of carbonyl (C=O) groups is 1. The molecule has 0 saturated heterocycles. The normalized spacial score (nSPS) is 10.4. The van der Waals surface area contributed by atoms with Gasteiger partial charge in [-0.3, -0.25) is 4.79 Å². The Balaban J connectivity index is 2.52. The minimum atomic E-state index is -0.892. The number of methoxy groups -OCH3 is 1. The van der Waals surface area contributed by atoms with Crippen LogP contribution in [0.5, 0.6) is 5.75 Å². The molecule has 0 amide bonds. The van der Waals surface area contributed by atoms with Crippen LogP contribution in [-0.4, -0.2) is 12.9 Å². The summed E-state index contributed by atoms with van der Waals surface area (Å²) in [6, 6.07) is 6.85. The summed E-state index contributed by atoms with van der Waals surface area (Å²) >= 11 is 2.98. The fourth-order valence-electron chi connectivity index (χ4n) is 1.91. The van der Waals surface area contributed by atoms with E-state index in [-0.39, 0.29) is 10.0 Å². The van der Waals surface area contributed by atoms with Crippen LogP contribution in [0.15, 0.2) is 34.8 Å². The van der Waals surface area contributed by atoms with Crippen molar-refractivity contribution in [1.82, 2.24) is 0 Å². The van der Waals surface area contributed by atoms with E-state index in [1.807, 2.05) is 0 Å². The molecule has 0 unspecified atom stereocenters. The molecule has 2 rings (SSSR count). The van der Waals surface area contributed by atoms with Gasteiger partial charge in [-0.1, -0.05) is 15.9 Å². The van der Waals surface area contributed by atoms with Crippen LogP contribution in [0.25, 0.3) is 0 Å². The minimum absolute atomic E-state index is 0.242. The van der Waals surface area contributed by atoms with Gasteiger partial charge in [0, 0.05) is 10.0 Å². The van der Waals surface area contributed by atoms with Crippen LogP contribution in [0.2, 0.25) is 0 Å². The van der Waals surface area contributed by atoms with Crippen LogP contribution < -0.4 is 4.74 Å². The van der Waals surface area contributed by atoms with Gasteiger partial charge in [0.15, 0.2) is 5.78 Å². The lowest BCUT2D eigenvalue weighted by molar-refractivity contribution is 0.103. The maximum atomic E-state index is 13.8. The van der Waals surface area contributed by atoms with Crippen molar-refractivity contribution < 1.29 is 18.3 Å². The second kappa shape index (κ2) is 5.71. The van der Waals surface area contributed by atoms with Crippen molar-refractivity contribution in [3.05, 3.63) is 63.1 Å². The number of benzene rings is 2. The van der Waals surface area contributed by atoms with Gasteiger partial charge >= 0.3 is 0 Å². The van der Waals surface area contributed by atoms with E-state index in [2.05, 4.69) is 15.9 Å². The van der Waals surface area contributed by atoms with Crippen molar-refractivity contribution in [1.29, 1.82) is 0 Å². The largest absolute Gasteiger partial charge is 0.497 e. The average molecular weight is 341 g/mol. The molecule has 0 aliphatic carbocycles. The maximum Gasteiger partial charge on any atom is 0.199 e. The zero-order chi connectivity index (χ0) is 14.9. The molecule has 0 fully saturated rings. The van der Waals surface area contributed by atoms with Gasteiger partial charge in [-0.25, -0.2) is 8.78 Å². The molecule has 5 heteroatoms. The van der Waals surface area contributed by atoms with Crippen molar-refractivity contribution in [2.45, 2.75) is 6.92 Å². The van der Waals surface area contributed by atoms with Gasteiger partial charge in [0.1, 0.15) is 17.4 Å². The lowest BCUT2D eigenvalue weighted by Crippen LogP contribution is -2.09. The van der Waals surface area contributed by atoms with Gasteiger partial charge in [-0.15, -0.1) is 0 Å². The summed E-state index contributed by atoms with van der Waals surface area (Å²) in [7, 11) is 1.50. The molecule has 2 aromatic rings. The van der Waals surface area contributed by atoms with Crippen LogP contribution in [0, 0.1) is 18.6 Å². The maximum absolute atomic E-state index is 13.8. The van der Waals surface area contributed by atoms with Crippen molar-refractivity contribution in [3.63, 3.8) is 0 Å². The van der Waals surface area contributed by atoms with E-state index >= 15 is 0 Å². The summed E-state index contributed by atoms with van der Waals surface area (Å²) in [6.07, 6.45) is 0. The molecule has 0 aromatic heterocycles. The molecule has 0 aliphatic heterocycles. The van der Waals surface area contributed by atoms with Gasteiger partial charge in [-0.05, 0) is 42.8 Å².